The number of carbonyl (C=O) groups is 2. The highest BCUT2D eigenvalue weighted by Gasteiger charge is 2.09. The third-order valence-electron chi connectivity index (χ3n) is 2.92. The lowest BCUT2D eigenvalue weighted by Crippen LogP contribution is -2.12. The van der Waals surface area contributed by atoms with Crippen LogP contribution in [0.1, 0.15) is 26.3 Å². The molecule has 0 aliphatic heterocycles. The van der Waals surface area contributed by atoms with Crippen LogP contribution >= 0.6 is 0 Å². The Hall–Kier alpha value is -2.82. The van der Waals surface area contributed by atoms with E-state index in [4.69, 9.17) is 10.5 Å². The monoisotopic (exact) mass is 285 g/mol. The van der Waals surface area contributed by atoms with Gasteiger partial charge in [-0.2, -0.15) is 0 Å². The Labute approximate surface area is 122 Å². The molecule has 5 nitrogen and oxygen atoms in total. The quantitative estimate of drug-likeness (QED) is 0.854. The van der Waals surface area contributed by atoms with Crippen LogP contribution in [0.15, 0.2) is 48.5 Å². The van der Waals surface area contributed by atoms with Gasteiger partial charge in [0.1, 0.15) is 12.4 Å². The molecule has 0 aromatic heterocycles. The predicted molar refractivity (Wildman–Crippen MR) is 77.1 cm³/mol. The van der Waals surface area contributed by atoms with Crippen molar-refractivity contribution in [2.45, 2.75) is 6.61 Å². The Morgan fingerprint density at radius 3 is 2.33 bits per heavy atom. The van der Waals surface area contributed by atoms with Gasteiger partial charge in [-0.05, 0) is 29.8 Å². The number of hydrogen-bond acceptors (Lipinski definition) is 4. The molecule has 2 rings (SSSR count). The van der Waals surface area contributed by atoms with Gasteiger partial charge in [0.05, 0.1) is 18.2 Å². The van der Waals surface area contributed by atoms with Crippen LogP contribution in [0.4, 0.5) is 0 Å². The molecule has 2 N–H and O–H groups in total. The van der Waals surface area contributed by atoms with Crippen LogP contribution in [0.25, 0.3) is 0 Å². The van der Waals surface area contributed by atoms with Crippen molar-refractivity contribution in [2.24, 2.45) is 5.73 Å². The average molecular weight is 285 g/mol. The van der Waals surface area contributed by atoms with Crippen LogP contribution < -0.4 is 10.5 Å². The Kier molecular flexibility index (Phi) is 4.56. The van der Waals surface area contributed by atoms with Crippen LogP contribution in [0.2, 0.25) is 0 Å². The number of para-hydroxylation sites is 1. The molecule has 0 aliphatic rings. The van der Waals surface area contributed by atoms with Gasteiger partial charge < -0.3 is 15.2 Å². The first-order valence-electron chi connectivity index (χ1n) is 6.30. The predicted octanol–water partition coefficient (Wildman–Crippen LogP) is 2.15. The summed E-state index contributed by atoms with van der Waals surface area (Å²) >= 11 is 0. The zero-order valence-corrected chi connectivity index (χ0v) is 11.5. The van der Waals surface area contributed by atoms with E-state index in [1.165, 1.54) is 7.11 Å². The maximum Gasteiger partial charge on any atom is 0.337 e. The molecule has 0 saturated carbocycles. The number of carbonyl (C=O) groups excluding carboxylic acids is 2. The van der Waals surface area contributed by atoms with E-state index in [1.54, 1.807) is 48.5 Å². The van der Waals surface area contributed by atoms with Crippen LogP contribution in [-0.2, 0) is 11.3 Å². The third kappa shape index (κ3) is 3.60. The van der Waals surface area contributed by atoms with Gasteiger partial charge in [-0.3, -0.25) is 4.79 Å². The van der Waals surface area contributed by atoms with Gasteiger partial charge in [0.2, 0.25) is 0 Å². The fourth-order valence-corrected chi connectivity index (χ4v) is 1.81. The van der Waals surface area contributed by atoms with Crippen molar-refractivity contribution in [3.63, 3.8) is 0 Å². The van der Waals surface area contributed by atoms with Crippen molar-refractivity contribution in [2.75, 3.05) is 7.11 Å². The van der Waals surface area contributed by atoms with Gasteiger partial charge in [-0.1, -0.05) is 24.3 Å². The van der Waals surface area contributed by atoms with E-state index in [0.29, 0.717) is 16.9 Å². The first-order chi connectivity index (χ1) is 10.1. The number of nitrogens with two attached hydrogens (primary N) is 1. The molecule has 1 amide bonds. The highest BCUT2D eigenvalue weighted by atomic mass is 16.5. The Morgan fingerprint density at radius 1 is 1.05 bits per heavy atom. The average Bonchev–Trinajstić information content (AvgIpc) is 2.52. The van der Waals surface area contributed by atoms with Gasteiger partial charge in [-0.25, -0.2) is 4.79 Å². The standard InChI is InChI=1S/C16H15NO4/c1-20-16(19)12-8-6-11(7-9-12)10-21-14-5-3-2-4-13(14)15(17)18/h2-9H,10H2,1H3,(H2,17,18). The lowest BCUT2D eigenvalue weighted by molar-refractivity contribution is 0.0600. The Balaban J connectivity index is 2.07. The minimum absolute atomic E-state index is 0.270. The van der Waals surface area contributed by atoms with Gasteiger partial charge >= 0.3 is 5.97 Å². The number of amides is 1. The number of methoxy groups -OCH3 is 1. The minimum Gasteiger partial charge on any atom is -0.488 e. The summed E-state index contributed by atoms with van der Waals surface area (Å²) in [5.74, 6) is -0.491. The smallest absolute Gasteiger partial charge is 0.337 e. The minimum atomic E-state index is -0.536. The number of benzene rings is 2. The fourth-order valence-electron chi connectivity index (χ4n) is 1.81. The summed E-state index contributed by atoms with van der Waals surface area (Å²) in [6.07, 6.45) is 0. The number of primary amides is 1. The highest BCUT2D eigenvalue weighted by Crippen LogP contribution is 2.19. The molecule has 0 heterocycles. The van der Waals surface area contributed by atoms with Gasteiger partial charge in [0.15, 0.2) is 0 Å². The van der Waals surface area contributed by atoms with Crippen LogP contribution in [0, 0.1) is 0 Å². The Morgan fingerprint density at radius 2 is 1.71 bits per heavy atom. The molecule has 108 valence electrons. The van der Waals surface area contributed by atoms with Gasteiger partial charge in [0, 0.05) is 0 Å². The first-order valence-corrected chi connectivity index (χ1v) is 6.30. The summed E-state index contributed by atoms with van der Waals surface area (Å²) in [5.41, 5.74) is 6.95. The van der Waals surface area contributed by atoms with Gasteiger partial charge in [0.25, 0.3) is 5.91 Å². The van der Waals surface area contributed by atoms with E-state index in [-0.39, 0.29) is 12.6 Å². The fraction of sp³-hybridized carbons (Fsp3) is 0.125. The van der Waals surface area contributed by atoms with Crippen molar-refractivity contribution in [3.05, 3.63) is 65.2 Å². The highest BCUT2D eigenvalue weighted by molar-refractivity contribution is 5.95. The number of ether oxygens (including phenoxy) is 2. The molecule has 0 spiro atoms. The molecule has 21 heavy (non-hydrogen) atoms. The molecule has 5 heteroatoms. The summed E-state index contributed by atoms with van der Waals surface area (Å²) in [6, 6.07) is 13.6. The topological polar surface area (TPSA) is 78.6 Å². The Bertz CT molecular complexity index is 650. The van der Waals surface area contributed by atoms with Crippen LogP contribution in [0.3, 0.4) is 0 Å². The molecule has 2 aromatic carbocycles. The van der Waals surface area contributed by atoms with Gasteiger partial charge in [-0.15, -0.1) is 0 Å². The lowest BCUT2D eigenvalue weighted by atomic mass is 10.1. The number of esters is 1. The maximum atomic E-state index is 11.3. The van der Waals surface area contributed by atoms with Crippen molar-refractivity contribution >= 4 is 11.9 Å². The second-order valence-corrected chi connectivity index (χ2v) is 4.34. The second kappa shape index (κ2) is 6.56. The first kappa shape index (κ1) is 14.6. The number of rotatable bonds is 5. The SMILES string of the molecule is COC(=O)c1ccc(COc2ccccc2C(N)=O)cc1. The zero-order valence-electron chi connectivity index (χ0n) is 11.5. The summed E-state index contributed by atoms with van der Waals surface area (Å²) in [4.78, 5) is 22.6. The molecule has 0 unspecified atom stereocenters. The summed E-state index contributed by atoms with van der Waals surface area (Å²) in [6.45, 7) is 0.270. The molecule has 0 saturated heterocycles. The summed E-state index contributed by atoms with van der Waals surface area (Å²) in [5, 5.41) is 0. The van der Waals surface area contributed by atoms with Crippen LogP contribution in [-0.4, -0.2) is 19.0 Å². The largest absolute Gasteiger partial charge is 0.488 e. The molecule has 0 radical (unpaired) electrons. The van der Waals surface area contributed by atoms with E-state index in [2.05, 4.69) is 4.74 Å². The molecule has 2 aromatic rings. The molecule has 0 atom stereocenters. The molecule has 0 bridgehead atoms. The van der Waals surface area contributed by atoms with E-state index < -0.39 is 5.91 Å². The summed E-state index contributed by atoms with van der Waals surface area (Å²) in [7, 11) is 1.33. The molecule has 0 fully saturated rings. The normalized spacial score (nSPS) is 9.95. The lowest BCUT2D eigenvalue weighted by Gasteiger charge is -2.09. The third-order valence-corrected chi connectivity index (χ3v) is 2.92. The second-order valence-electron chi connectivity index (χ2n) is 4.34. The van der Waals surface area contributed by atoms with E-state index in [1.807, 2.05) is 0 Å². The zero-order chi connectivity index (χ0) is 15.2. The number of hydrogen-bond donors (Lipinski definition) is 1. The van der Waals surface area contributed by atoms with Crippen molar-refractivity contribution < 1.29 is 19.1 Å². The van der Waals surface area contributed by atoms with E-state index >= 15 is 0 Å². The molecular formula is C16H15NO4. The van der Waals surface area contributed by atoms with Crippen molar-refractivity contribution in [1.82, 2.24) is 0 Å². The maximum absolute atomic E-state index is 11.3. The molecular weight excluding hydrogens is 270 g/mol. The van der Waals surface area contributed by atoms with E-state index in [9.17, 15) is 9.59 Å². The summed E-state index contributed by atoms with van der Waals surface area (Å²) < 4.78 is 10.2. The van der Waals surface area contributed by atoms with Crippen molar-refractivity contribution in [3.8, 4) is 5.75 Å². The van der Waals surface area contributed by atoms with Crippen LogP contribution in [0.5, 0.6) is 5.75 Å². The van der Waals surface area contributed by atoms with E-state index in [0.717, 1.165) is 5.56 Å². The molecule has 0 aliphatic carbocycles. The van der Waals surface area contributed by atoms with Crippen molar-refractivity contribution in [1.29, 1.82) is 0 Å².